The van der Waals surface area contributed by atoms with Crippen LogP contribution >= 0.6 is 0 Å². The normalized spacial score (nSPS) is 12.6. The number of nitrogens with one attached hydrogen (secondary N) is 1. The van der Waals surface area contributed by atoms with Crippen molar-refractivity contribution in [2.75, 3.05) is 13.1 Å². The highest BCUT2D eigenvalue weighted by Crippen LogP contribution is 2.04. The third-order valence-electron chi connectivity index (χ3n) is 2.05. The van der Waals surface area contributed by atoms with Crippen molar-refractivity contribution in [3.05, 3.63) is 41.5 Å². The summed E-state index contributed by atoms with van der Waals surface area (Å²) in [5.41, 5.74) is 1.74. The van der Waals surface area contributed by atoms with Crippen LogP contribution in [0, 0.1) is 11.3 Å². The number of nitrogens with zero attached hydrogens (tertiary/aromatic N) is 1. The summed E-state index contributed by atoms with van der Waals surface area (Å²) in [5, 5.41) is 20.7. The van der Waals surface area contributed by atoms with Gasteiger partial charge in [-0.15, -0.1) is 0 Å². The highest BCUT2D eigenvalue weighted by atomic mass is 16.3. The monoisotopic (exact) mass is 216 g/mol. The van der Waals surface area contributed by atoms with E-state index in [9.17, 15) is 0 Å². The number of hydrogen-bond acceptors (Lipinski definition) is 3. The third kappa shape index (κ3) is 4.74. The van der Waals surface area contributed by atoms with Crippen molar-refractivity contribution in [3.8, 4) is 6.07 Å². The lowest BCUT2D eigenvalue weighted by atomic mass is 10.1. The van der Waals surface area contributed by atoms with Gasteiger partial charge in [0.25, 0.3) is 0 Å². The van der Waals surface area contributed by atoms with Crippen molar-refractivity contribution in [2.45, 2.75) is 13.0 Å². The molecule has 0 saturated heterocycles. The fraction of sp³-hybridized carbons (Fsp3) is 0.308. The predicted octanol–water partition coefficient (Wildman–Crippen LogP) is 1.54. The summed E-state index contributed by atoms with van der Waals surface area (Å²) in [7, 11) is 0. The van der Waals surface area contributed by atoms with Gasteiger partial charge in [0.05, 0.1) is 17.7 Å². The molecule has 1 unspecified atom stereocenters. The molecule has 16 heavy (non-hydrogen) atoms. The molecule has 3 nitrogen and oxygen atoms in total. The molecule has 1 atom stereocenters. The molecule has 3 heteroatoms. The van der Waals surface area contributed by atoms with Crippen molar-refractivity contribution in [2.24, 2.45) is 0 Å². The molecule has 0 aliphatic rings. The fourth-order valence-corrected chi connectivity index (χ4v) is 1.24. The molecule has 84 valence electrons. The number of aliphatic hydroxyl groups excluding tert-OH is 1. The molecule has 0 spiro atoms. The van der Waals surface area contributed by atoms with Crippen LogP contribution in [0.25, 0.3) is 6.08 Å². The zero-order valence-electron chi connectivity index (χ0n) is 9.35. The van der Waals surface area contributed by atoms with Crippen LogP contribution in [0.15, 0.2) is 30.3 Å². The van der Waals surface area contributed by atoms with Crippen LogP contribution in [-0.2, 0) is 0 Å². The van der Waals surface area contributed by atoms with Gasteiger partial charge in [0.15, 0.2) is 0 Å². The van der Waals surface area contributed by atoms with Gasteiger partial charge in [0.1, 0.15) is 0 Å². The third-order valence-corrected chi connectivity index (χ3v) is 2.05. The standard InChI is InChI=1S/C13H16N2O/c1-11(16)10-15-8-2-3-12-4-6-13(9-14)7-5-12/h2-7,11,15-16H,8,10H2,1H3/b3-2+. The Morgan fingerprint density at radius 2 is 2.12 bits per heavy atom. The Morgan fingerprint density at radius 1 is 1.44 bits per heavy atom. The van der Waals surface area contributed by atoms with Crippen LogP contribution in [0.2, 0.25) is 0 Å². The number of aliphatic hydroxyl groups is 1. The lowest BCUT2D eigenvalue weighted by molar-refractivity contribution is 0.193. The summed E-state index contributed by atoms with van der Waals surface area (Å²) in [6.45, 7) is 3.07. The van der Waals surface area contributed by atoms with E-state index < -0.39 is 0 Å². The topological polar surface area (TPSA) is 56.0 Å². The minimum Gasteiger partial charge on any atom is -0.392 e. The molecule has 0 fully saturated rings. The average molecular weight is 216 g/mol. The summed E-state index contributed by atoms with van der Waals surface area (Å²) in [5.74, 6) is 0. The molecule has 1 aromatic rings. The first kappa shape index (κ1) is 12.4. The van der Waals surface area contributed by atoms with E-state index in [1.54, 1.807) is 19.1 Å². The maximum absolute atomic E-state index is 9.01. The molecule has 1 rings (SSSR count). The molecule has 0 aromatic heterocycles. The van der Waals surface area contributed by atoms with Gasteiger partial charge in [-0.1, -0.05) is 24.3 Å². The maximum Gasteiger partial charge on any atom is 0.0991 e. The van der Waals surface area contributed by atoms with Gasteiger partial charge in [-0.3, -0.25) is 0 Å². The fourth-order valence-electron chi connectivity index (χ4n) is 1.24. The molecule has 0 heterocycles. The van der Waals surface area contributed by atoms with Gasteiger partial charge in [0.2, 0.25) is 0 Å². The number of nitriles is 1. The smallest absolute Gasteiger partial charge is 0.0991 e. The molecule has 0 radical (unpaired) electrons. The van der Waals surface area contributed by atoms with Crippen molar-refractivity contribution < 1.29 is 5.11 Å². The second-order valence-corrected chi connectivity index (χ2v) is 3.64. The van der Waals surface area contributed by atoms with E-state index in [1.165, 1.54) is 0 Å². The summed E-state index contributed by atoms with van der Waals surface area (Å²) < 4.78 is 0. The van der Waals surface area contributed by atoms with Crippen LogP contribution in [0.3, 0.4) is 0 Å². The number of rotatable bonds is 5. The van der Waals surface area contributed by atoms with E-state index >= 15 is 0 Å². The van der Waals surface area contributed by atoms with Crippen LogP contribution in [0.5, 0.6) is 0 Å². The Bertz CT molecular complexity index is 374. The van der Waals surface area contributed by atoms with E-state index in [0.717, 1.165) is 12.1 Å². The largest absolute Gasteiger partial charge is 0.392 e. The van der Waals surface area contributed by atoms with Crippen LogP contribution in [0.4, 0.5) is 0 Å². The van der Waals surface area contributed by atoms with E-state index in [2.05, 4.69) is 11.4 Å². The quantitative estimate of drug-likeness (QED) is 0.734. The maximum atomic E-state index is 9.01. The van der Waals surface area contributed by atoms with E-state index in [1.807, 2.05) is 24.3 Å². The molecule has 0 amide bonds. The second kappa shape index (κ2) is 6.78. The zero-order chi connectivity index (χ0) is 11.8. The van der Waals surface area contributed by atoms with E-state index in [0.29, 0.717) is 12.1 Å². The summed E-state index contributed by atoms with van der Waals surface area (Å²) in [6.07, 6.45) is 3.66. The predicted molar refractivity (Wildman–Crippen MR) is 64.7 cm³/mol. The summed E-state index contributed by atoms with van der Waals surface area (Å²) in [4.78, 5) is 0. The molecule has 2 N–H and O–H groups in total. The van der Waals surface area contributed by atoms with Crippen molar-refractivity contribution in [1.82, 2.24) is 5.32 Å². The first-order valence-electron chi connectivity index (χ1n) is 5.28. The SMILES string of the molecule is CC(O)CNC/C=C/c1ccc(C#N)cc1. The molecule has 0 aliphatic carbocycles. The molecular formula is C13H16N2O. The highest BCUT2D eigenvalue weighted by molar-refractivity contribution is 5.50. The van der Waals surface area contributed by atoms with Gasteiger partial charge >= 0.3 is 0 Å². The van der Waals surface area contributed by atoms with Crippen LogP contribution in [0.1, 0.15) is 18.1 Å². The summed E-state index contributed by atoms with van der Waals surface area (Å²) in [6, 6.07) is 9.48. The number of benzene rings is 1. The van der Waals surface area contributed by atoms with Gasteiger partial charge < -0.3 is 10.4 Å². The molecular weight excluding hydrogens is 200 g/mol. The van der Waals surface area contributed by atoms with Crippen LogP contribution < -0.4 is 5.32 Å². The first-order valence-corrected chi connectivity index (χ1v) is 5.28. The minimum atomic E-state index is -0.316. The summed E-state index contributed by atoms with van der Waals surface area (Å²) >= 11 is 0. The van der Waals surface area contributed by atoms with Crippen molar-refractivity contribution in [1.29, 1.82) is 5.26 Å². The Morgan fingerprint density at radius 3 is 2.69 bits per heavy atom. The first-order chi connectivity index (χ1) is 7.72. The van der Waals surface area contributed by atoms with E-state index in [4.69, 9.17) is 10.4 Å². The second-order valence-electron chi connectivity index (χ2n) is 3.64. The molecule has 0 bridgehead atoms. The van der Waals surface area contributed by atoms with E-state index in [-0.39, 0.29) is 6.10 Å². The Hall–Kier alpha value is -1.63. The van der Waals surface area contributed by atoms with Gasteiger partial charge in [-0.25, -0.2) is 0 Å². The van der Waals surface area contributed by atoms with Gasteiger partial charge in [-0.05, 0) is 24.6 Å². The minimum absolute atomic E-state index is 0.316. The molecule has 0 aliphatic heterocycles. The van der Waals surface area contributed by atoms with Crippen LogP contribution in [-0.4, -0.2) is 24.3 Å². The lowest BCUT2D eigenvalue weighted by Crippen LogP contribution is -2.24. The molecule has 1 aromatic carbocycles. The molecule has 0 saturated carbocycles. The number of hydrogen-bond donors (Lipinski definition) is 2. The van der Waals surface area contributed by atoms with Gasteiger partial charge in [0, 0.05) is 13.1 Å². The Kier molecular flexibility index (Phi) is 5.27. The highest BCUT2D eigenvalue weighted by Gasteiger charge is 1.91. The van der Waals surface area contributed by atoms with Gasteiger partial charge in [-0.2, -0.15) is 5.26 Å². The lowest BCUT2D eigenvalue weighted by Gasteiger charge is -2.03. The Labute approximate surface area is 96.0 Å². The van der Waals surface area contributed by atoms with Crippen molar-refractivity contribution >= 4 is 6.08 Å². The Balaban J connectivity index is 2.36. The zero-order valence-corrected chi connectivity index (χ0v) is 9.35. The van der Waals surface area contributed by atoms with Crippen molar-refractivity contribution in [3.63, 3.8) is 0 Å². The average Bonchev–Trinajstić information content (AvgIpc) is 2.29.